The molecule has 1 aliphatic rings. The number of nitrogens with zero attached hydrogens (tertiary/aromatic N) is 2. The van der Waals surface area contributed by atoms with E-state index in [2.05, 4.69) is 143 Å². The molecule has 9 rings (SSSR count). The van der Waals surface area contributed by atoms with Gasteiger partial charge in [-0.15, -0.1) is 0 Å². The molecular formula is C36H22IN2-. The second kappa shape index (κ2) is 8.08. The van der Waals surface area contributed by atoms with Crippen LogP contribution in [-0.2, 0) is 0 Å². The molecule has 3 heterocycles. The predicted molar refractivity (Wildman–Crippen MR) is 158 cm³/mol. The molecule has 0 saturated heterocycles. The minimum atomic E-state index is -0.199. The van der Waals surface area contributed by atoms with E-state index in [0.29, 0.717) is 0 Å². The van der Waals surface area contributed by atoms with Crippen LogP contribution in [-0.4, -0.2) is 9.13 Å². The molecule has 0 atom stereocenters. The molecule has 0 N–H and O–H groups in total. The van der Waals surface area contributed by atoms with Crippen LogP contribution in [0.3, 0.4) is 0 Å². The van der Waals surface area contributed by atoms with Crippen LogP contribution in [0.2, 0.25) is 0 Å². The van der Waals surface area contributed by atoms with Crippen molar-refractivity contribution in [2.24, 2.45) is 0 Å². The van der Waals surface area contributed by atoms with Crippen LogP contribution in [0.5, 0.6) is 0 Å². The maximum atomic E-state index is 2.43. The van der Waals surface area contributed by atoms with Crippen LogP contribution in [0.1, 0.15) is 0 Å². The topological polar surface area (TPSA) is 9.86 Å². The molecule has 0 amide bonds. The molecule has 3 heteroatoms. The van der Waals surface area contributed by atoms with Crippen molar-refractivity contribution in [3.05, 3.63) is 141 Å². The monoisotopic (exact) mass is 609 g/mol. The number of benzene rings is 6. The summed E-state index contributed by atoms with van der Waals surface area (Å²) in [5, 5.41) is 5.20. The van der Waals surface area contributed by atoms with E-state index in [1.54, 1.807) is 0 Å². The van der Waals surface area contributed by atoms with Crippen molar-refractivity contribution < 1.29 is 21.2 Å². The van der Waals surface area contributed by atoms with E-state index in [4.69, 9.17) is 0 Å². The van der Waals surface area contributed by atoms with Crippen LogP contribution in [0, 0.1) is 7.14 Å². The standard InChI is InChI=1S/C36H22IN2/c1-5-13-33-25(9-1)26-10-2-6-14-34(26)38(33)23-17-19-31-29(21-23)30-22-24(18-20-32(30)37-31)39-35-15-7-3-11-27(35)28-12-4-8-16-36(28)39/h1-22H/q-1. The van der Waals surface area contributed by atoms with Crippen molar-refractivity contribution in [3.63, 3.8) is 0 Å². The van der Waals surface area contributed by atoms with Gasteiger partial charge in [0.2, 0.25) is 0 Å². The van der Waals surface area contributed by atoms with Crippen LogP contribution < -0.4 is 21.2 Å². The average molecular weight is 609 g/mol. The van der Waals surface area contributed by atoms with Crippen LogP contribution in [0.25, 0.3) is 66.1 Å². The third-order valence-corrected chi connectivity index (χ3v) is 11.1. The molecular weight excluding hydrogens is 587 g/mol. The number of aromatic nitrogens is 2. The van der Waals surface area contributed by atoms with Gasteiger partial charge in [0.05, 0.1) is 0 Å². The Labute approximate surface area is 236 Å². The molecule has 2 aromatic heterocycles. The van der Waals surface area contributed by atoms with E-state index in [1.807, 2.05) is 0 Å². The Morgan fingerprint density at radius 3 is 1.05 bits per heavy atom. The molecule has 1 aliphatic heterocycles. The Hall–Kier alpha value is -4.35. The number of hydrogen-bond donors (Lipinski definition) is 0. The van der Waals surface area contributed by atoms with Crippen molar-refractivity contribution in [2.45, 2.75) is 0 Å². The second-order valence-electron chi connectivity index (χ2n) is 10.2. The molecule has 184 valence electrons. The molecule has 0 fully saturated rings. The quantitative estimate of drug-likeness (QED) is 0.213. The fourth-order valence-corrected chi connectivity index (χ4v) is 9.21. The van der Waals surface area contributed by atoms with Crippen LogP contribution in [0.4, 0.5) is 0 Å². The summed E-state index contributed by atoms with van der Waals surface area (Å²) in [5.41, 5.74) is 10.3. The van der Waals surface area contributed by atoms with E-state index >= 15 is 0 Å². The third-order valence-electron chi connectivity index (χ3n) is 8.07. The number of halogens is 1. The van der Waals surface area contributed by atoms with Crippen molar-refractivity contribution in [1.82, 2.24) is 9.13 Å². The third kappa shape index (κ3) is 3.02. The van der Waals surface area contributed by atoms with Crippen LogP contribution >= 0.6 is 0 Å². The Morgan fingerprint density at radius 2 is 0.692 bits per heavy atom. The van der Waals surface area contributed by atoms with Gasteiger partial charge in [0.1, 0.15) is 0 Å². The van der Waals surface area contributed by atoms with Gasteiger partial charge in [0.25, 0.3) is 0 Å². The predicted octanol–water partition coefficient (Wildman–Crippen LogP) is 5.99. The zero-order valence-corrected chi connectivity index (χ0v) is 23.1. The Kier molecular flexibility index (Phi) is 4.47. The summed E-state index contributed by atoms with van der Waals surface area (Å²) in [5.74, 6) is 0. The first-order chi connectivity index (χ1) is 19.3. The van der Waals surface area contributed by atoms with Crippen LogP contribution in [0.15, 0.2) is 133 Å². The number of fused-ring (bicyclic) bond motifs is 9. The van der Waals surface area contributed by atoms with E-state index in [-0.39, 0.29) is 21.2 Å². The Bertz CT molecular complexity index is 2000. The summed E-state index contributed by atoms with van der Waals surface area (Å²) in [4.78, 5) is 0. The van der Waals surface area contributed by atoms with E-state index in [1.165, 1.54) is 73.3 Å². The first kappa shape index (κ1) is 21.6. The van der Waals surface area contributed by atoms with Gasteiger partial charge in [0, 0.05) is 0 Å². The molecule has 39 heavy (non-hydrogen) atoms. The zero-order chi connectivity index (χ0) is 25.5. The van der Waals surface area contributed by atoms with Crippen molar-refractivity contribution in [2.75, 3.05) is 0 Å². The van der Waals surface area contributed by atoms with E-state index in [9.17, 15) is 0 Å². The summed E-state index contributed by atoms with van der Waals surface area (Å²) in [6, 6.07) is 49.3. The first-order valence-electron chi connectivity index (χ1n) is 13.3. The summed E-state index contributed by atoms with van der Waals surface area (Å²) in [7, 11) is 0. The fourth-order valence-electron chi connectivity index (χ4n) is 6.39. The maximum absolute atomic E-state index is 2.43. The van der Waals surface area contributed by atoms with Gasteiger partial charge in [-0.25, -0.2) is 0 Å². The van der Waals surface area contributed by atoms with Gasteiger partial charge < -0.3 is 0 Å². The summed E-state index contributed by atoms with van der Waals surface area (Å²) in [6.07, 6.45) is 0. The number of hydrogen-bond acceptors (Lipinski definition) is 0. The normalized spacial score (nSPS) is 12.7. The van der Waals surface area contributed by atoms with Gasteiger partial charge in [-0.2, -0.15) is 0 Å². The molecule has 2 nitrogen and oxygen atoms in total. The molecule has 0 saturated carbocycles. The van der Waals surface area contributed by atoms with Crippen molar-refractivity contribution in [1.29, 1.82) is 0 Å². The summed E-state index contributed by atoms with van der Waals surface area (Å²) >= 11 is -0.199. The summed E-state index contributed by atoms with van der Waals surface area (Å²) in [6.45, 7) is 0. The molecule has 0 bridgehead atoms. The fraction of sp³-hybridized carbons (Fsp3) is 0. The molecule has 0 unspecified atom stereocenters. The zero-order valence-electron chi connectivity index (χ0n) is 21.0. The molecule has 6 aromatic carbocycles. The number of rotatable bonds is 2. The van der Waals surface area contributed by atoms with Gasteiger partial charge in [-0.1, -0.05) is 0 Å². The van der Waals surface area contributed by atoms with Gasteiger partial charge in [0.15, 0.2) is 0 Å². The molecule has 0 radical (unpaired) electrons. The second-order valence-corrected chi connectivity index (χ2v) is 13.0. The van der Waals surface area contributed by atoms with E-state index in [0.717, 1.165) is 0 Å². The Balaban J connectivity index is 1.27. The van der Waals surface area contributed by atoms with Gasteiger partial charge >= 0.3 is 237 Å². The minimum absolute atomic E-state index is 0.199. The molecule has 8 aromatic rings. The van der Waals surface area contributed by atoms with E-state index < -0.39 is 0 Å². The summed E-state index contributed by atoms with van der Waals surface area (Å²) < 4.78 is 7.87. The SMILES string of the molecule is c1ccc2c(c1)c1ccccc1n2-c1ccc2c(c1)-c1cc(-n3c4ccccc4c4ccccc43)ccc1[I-]2. The van der Waals surface area contributed by atoms with Gasteiger partial charge in [-0.3, -0.25) is 0 Å². The van der Waals surface area contributed by atoms with Crippen molar-refractivity contribution in [3.8, 4) is 22.5 Å². The van der Waals surface area contributed by atoms with Gasteiger partial charge in [-0.05, 0) is 0 Å². The van der Waals surface area contributed by atoms with Crippen molar-refractivity contribution >= 4 is 43.6 Å². The molecule has 0 aliphatic carbocycles. The average Bonchev–Trinajstić information content (AvgIpc) is 3.64. The Morgan fingerprint density at radius 1 is 0.359 bits per heavy atom. The number of para-hydroxylation sites is 4. The first-order valence-corrected chi connectivity index (χ1v) is 15.4. The molecule has 0 spiro atoms.